The van der Waals surface area contributed by atoms with E-state index in [0.717, 1.165) is 53.8 Å². The Morgan fingerprint density at radius 1 is 1.22 bits per heavy atom. The summed E-state index contributed by atoms with van der Waals surface area (Å²) < 4.78 is 10.7. The molecule has 1 aromatic carbocycles. The van der Waals surface area contributed by atoms with Crippen molar-refractivity contribution in [3.8, 4) is 11.5 Å². The van der Waals surface area contributed by atoms with Crippen LogP contribution in [0.4, 0.5) is 5.82 Å². The topological polar surface area (TPSA) is 76.6 Å². The van der Waals surface area contributed by atoms with Gasteiger partial charge >= 0.3 is 0 Å². The van der Waals surface area contributed by atoms with Crippen molar-refractivity contribution >= 4 is 33.3 Å². The first-order valence-corrected chi connectivity index (χ1v) is 11.9. The normalized spacial score (nSPS) is 16.2. The molecule has 3 heterocycles. The predicted molar refractivity (Wildman–Crippen MR) is 128 cm³/mol. The number of aromatic nitrogens is 2. The van der Waals surface area contributed by atoms with Crippen LogP contribution in [0.5, 0.6) is 11.5 Å². The highest BCUT2D eigenvalue weighted by Gasteiger charge is 2.27. The van der Waals surface area contributed by atoms with Gasteiger partial charge in [0.25, 0.3) is 0 Å². The lowest BCUT2D eigenvalue weighted by Gasteiger charge is -2.33. The Morgan fingerprint density at radius 2 is 2.06 bits per heavy atom. The highest BCUT2D eigenvalue weighted by molar-refractivity contribution is 7.18. The second-order valence-corrected chi connectivity index (χ2v) is 9.11. The minimum Gasteiger partial charge on any atom is -0.493 e. The van der Waals surface area contributed by atoms with E-state index in [4.69, 9.17) is 9.47 Å². The van der Waals surface area contributed by atoms with Crippen LogP contribution in [0.2, 0.25) is 0 Å². The third kappa shape index (κ3) is 4.80. The Bertz CT molecular complexity index is 1080. The van der Waals surface area contributed by atoms with Crippen LogP contribution in [0.25, 0.3) is 10.2 Å². The molecule has 1 amide bonds. The van der Waals surface area contributed by atoms with Gasteiger partial charge in [0.1, 0.15) is 17.0 Å². The summed E-state index contributed by atoms with van der Waals surface area (Å²) in [5.41, 5.74) is 1.10. The molecule has 8 heteroatoms. The van der Waals surface area contributed by atoms with E-state index in [9.17, 15) is 4.79 Å². The van der Waals surface area contributed by atoms with Gasteiger partial charge in [-0.2, -0.15) is 0 Å². The van der Waals surface area contributed by atoms with Gasteiger partial charge in [-0.3, -0.25) is 4.79 Å². The van der Waals surface area contributed by atoms with Crippen LogP contribution in [0.3, 0.4) is 0 Å². The molecule has 1 aliphatic rings. The van der Waals surface area contributed by atoms with Gasteiger partial charge in [0.2, 0.25) is 5.91 Å². The first-order chi connectivity index (χ1) is 15.6. The van der Waals surface area contributed by atoms with E-state index in [1.807, 2.05) is 18.2 Å². The number of fused-ring (bicyclic) bond motifs is 1. The molecule has 2 aromatic heterocycles. The fraction of sp³-hybridized carbons (Fsp3) is 0.458. The molecule has 0 bridgehead atoms. The maximum atomic E-state index is 12.9. The minimum absolute atomic E-state index is 0.0385. The van der Waals surface area contributed by atoms with Gasteiger partial charge < -0.3 is 19.7 Å². The van der Waals surface area contributed by atoms with E-state index >= 15 is 0 Å². The second-order valence-electron chi connectivity index (χ2n) is 8.00. The largest absolute Gasteiger partial charge is 0.493 e. The Labute approximate surface area is 192 Å². The molecular formula is C24H30N4O3S. The van der Waals surface area contributed by atoms with Crippen LogP contribution < -0.4 is 19.7 Å². The van der Waals surface area contributed by atoms with Crippen LogP contribution in [-0.4, -0.2) is 49.7 Å². The number of hydrogen-bond acceptors (Lipinski definition) is 7. The molecule has 32 heavy (non-hydrogen) atoms. The molecule has 0 radical (unpaired) electrons. The number of amides is 1. The van der Waals surface area contributed by atoms with Crippen molar-refractivity contribution < 1.29 is 14.3 Å². The summed E-state index contributed by atoms with van der Waals surface area (Å²) in [5.74, 6) is 2.44. The summed E-state index contributed by atoms with van der Waals surface area (Å²) in [6.45, 7) is 4.35. The summed E-state index contributed by atoms with van der Waals surface area (Å²) in [6, 6.07) is 8.05. The highest BCUT2D eigenvalue weighted by Crippen LogP contribution is 2.32. The number of nitrogens with zero attached hydrogens (tertiary/aromatic N) is 3. The molecule has 1 N–H and O–H groups in total. The second kappa shape index (κ2) is 10.2. The SMILES string of the molecule is CCc1cc2c(N3CCCC(C(=O)NCCc4ccc(OC)c(OC)c4)C3)ncnc2s1. The van der Waals surface area contributed by atoms with E-state index in [-0.39, 0.29) is 11.8 Å². The lowest BCUT2D eigenvalue weighted by Crippen LogP contribution is -2.43. The number of nitrogens with one attached hydrogen (secondary N) is 1. The van der Waals surface area contributed by atoms with Crippen molar-refractivity contribution in [2.24, 2.45) is 5.92 Å². The highest BCUT2D eigenvalue weighted by atomic mass is 32.1. The zero-order chi connectivity index (χ0) is 22.5. The average molecular weight is 455 g/mol. The standard InChI is InChI=1S/C24H30N4O3S/c1-4-18-13-19-22(26-15-27-24(19)32-18)28-11-5-6-17(14-28)23(29)25-10-9-16-7-8-20(30-2)21(12-16)31-3/h7-8,12-13,15,17H,4-6,9-11,14H2,1-3H3,(H,25,29). The number of hydrogen-bond donors (Lipinski definition) is 1. The fourth-order valence-electron chi connectivity index (χ4n) is 4.21. The summed E-state index contributed by atoms with van der Waals surface area (Å²) in [4.78, 5) is 26.5. The van der Waals surface area contributed by atoms with E-state index in [1.54, 1.807) is 31.9 Å². The number of carbonyl (C=O) groups excluding carboxylic acids is 1. The van der Waals surface area contributed by atoms with Gasteiger partial charge in [-0.1, -0.05) is 13.0 Å². The van der Waals surface area contributed by atoms with E-state index < -0.39 is 0 Å². The number of rotatable bonds is 8. The smallest absolute Gasteiger partial charge is 0.224 e. The van der Waals surface area contributed by atoms with E-state index in [1.165, 1.54) is 4.88 Å². The molecule has 1 atom stereocenters. The van der Waals surface area contributed by atoms with Gasteiger partial charge in [0, 0.05) is 24.5 Å². The molecule has 3 aromatic rings. The van der Waals surface area contributed by atoms with Crippen LogP contribution >= 0.6 is 11.3 Å². The maximum absolute atomic E-state index is 12.9. The quantitative estimate of drug-likeness (QED) is 0.557. The zero-order valence-electron chi connectivity index (χ0n) is 18.9. The molecule has 1 saturated heterocycles. The van der Waals surface area contributed by atoms with E-state index in [2.05, 4.69) is 33.2 Å². The molecule has 0 aliphatic carbocycles. The van der Waals surface area contributed by atoms with Gasteiger partial charge in [-0.25, -0.2) is 9.97 Å². The van der Waals surface area contributed by atoms with Gasteiger partial charge in [0.05, 0.1) is 25.5 Å². The Hall–Kier alpha value is -2.87. The summed E-state index contributed by atoms with van der Waals surface area (Å²) >= 11 is 1.72. The van der Waals surface area contributed by atoms with Crippen LogP contribution in [0.15, 0.2) is 30.6 Å². The van der Waals surface area contributed by atoms with Crippen LogP contribution in [0, 0.1) is 5.92 Å². The first-order valence-electron chi connectivity index (χ1n) is 11.1. The van der Waals surface area contributed by atoms with Crippen molar-refractivity contribution in [3.63, 3.8) is 0 Å². The molecule has 4 rings (SSSR count). The fourth-order valence-corrected chi connectivity index (χ4v) is 5.14. The molecule has 170 valence electrons. The molecule has 1 fully saturated rings. The number of aryl methyl sites for hydroxylation is 1. The lowest BCUT2D eigenvalue weighted by molar-refractivity contribution is -0.125. The monoisotopic (exact) mass is 454 g/mol. The minimum atomic E-state index is -0.0385. The number of thiophene rings is 1. The van der Waals surface area contributed by atoms with Crippen LogP contribution in [0.1, 0.15) is 30.2 Å². The van der Waals surface area contributed by atoms with Crippen molar-refractivity contribution in [2.75, 3.05) is 38.8 Å². The summed E-state index contributed by atoms with van der Waals surface area (Å²) in [6.07, 6.45) is 5.25. The summed E-state index contributed by atoms with van der Waals surface area (Å²) in [7, 11) is 3.25. The zero-order valence-corrected chi connectivity index (χ0v) is 19.7. The average Bonchev–Trinajstić information content (AvgIpc) is 3.27. The molecule has 7 nitrogen and oxygen atoms in total. The molecule has 1 unspecified atom stereocenters. The Balaban J connectivity index is 1.36. The third-order valence-electron chi connectivity index (χ3n) is 5.96. The van der Waals surface area contributed by atoms with E-state index in [0.29, 0.717) is 24.6 Å². The number of benzene rings is 1. The molecular weight excluding hydrogens is 424 g/mol. The van der Waals surface area contributed by atoms with Crippen molar-refractivity contribution in [1.29, 1.82) is 0 Å². The lowest BCUT2D eigenvalue weighted by atomic mass is 9.97. The molecule has 0 spiro atoms. The van der Waals surface area contributed by atoms with Crippen molar-refractivity contribution in [3.05, 3.63) is 41.0 Å². The predicted octanol–water partition coefficient (Wildman–Crippen LogP) is 3.85. The number of methoxy groups -OCH3 is 2. The number of ether oxygens (including phenoxy) is 2. The van der Waals surface area contributed by atoms with Crippen molar-refractivity contribution in [1.82, 2.24) is 15.3 Å². The Morgan fingerprint density at radius 3 is 2.84 bits per heavy atom. The number of anilines is 1. The third-order valence-corrected chi connectivity index (χ3v) is 7.15. The molecule has 0 saturated carbocycles. The van der Waals surface area contributed by atoms with Gasteiger partial charge in [-0.15, -0.1) is 11.3 Å². The molecule has 1 aliphatic heterocycles. The van der Waals surface area contributed by atoms with Crippen LogP contribution in [-0.2, 0) is 17.6 Å². The van der Waals surface area contributed by atoms with Gasteiger partial charge in [0.15, 0.2) is 11.5 Å². The van der Waals surface area contributed by atoms with Crippen molar-refractivity contribution in [2.45, 2.75) is 32.6 Å². The number of piperidine rings is 1. The maximum Gasteiger partial charge on any atom is 0.224 e. The van der Waals surface area contributed by atoms with Gasteiger partial charge in [-0.05, 0) is 49.4 Å². The first kappa shape index (κ1) is 22.3. The number of carbonyl (C=O) groups is 1. The Kier molecular flexibility index (Phi) is 7.09. The summed E-state index contributed by atoms with van der Waals surface area (Å²) in [5, 5.41) is 4.22.